The maximum absolute atomic E-state index is 11.4. The molecule has 1 aromatic heterocycles. The summed E-state index contributed by atoms with van der Waals surface area (Å²) in [5.74, 6) is 1.46. The molecule has 0 amide bonds. The summed E-state index contributed by atoms with van der Waals surface area (Å²) in [6.07, 6.45) is 2.44. The molecule has 17 heavy (non-hydrogen) atoms. The lowest BCUT2D eigenvalue weighted by atomic mass is 10.2. The maximum Gasteiger partial charge on any atom is 0.152 e. The summed E-state index contributed by atoms with van der Waals surface area (Å²) < 4.78 is 24.7. The summed E-state index contributed by atoms with van der Waals surface area (Å²) in [4.78, 5) is 0. The average molecular weight is 256 g/mol. The predicted octanol–water partition coefficient (Wildman–Crippen LogP) is -0.374. The topological polar surface area (TPSA) is 76.0 Å². The third-order valence-corrected chi connectivity index (χ3v) is 5.13. The highest BCUT2D eigenvalue weighted by atomic mass is 32.2. The third-order valence-electron chi connectivity index (χ3n) is 3.36. The van der Waals surface area contributed by atoms with Gasteiger partial charge in [-0.1, -0.05) is 0 Å². The van der Waals surface area contributed by atoms with E-state index in [-0.39, 0.29) is 11.8 Å². The first-order chi connectivity index (χ1) is 8.14. The summed E-state index contributed by atoms with van der Waals surface area (Å²) in [6.45, 7) is 1.86. The van der Waals surface area contributed by atoms with Gasteiger partial charge in [-0.25, -0.2) is 13.1 Å². The predicted molar refractivity (Wildman–Crippen MR) is 64.8 cm³/mol. The van der Waals surface area contributed by atoms with E-state index >= 15 is 0 Å². The highest BCUT2D eigenvalue weighted by molar-refractivity contribution is 7.91. The van der Waals surface area contributed by atoms with E-state index in [9.17, 15) is 8.42 Å². The van der Waals surface area contributed by atoms with Crippen molar-refractivity contribution in [2.75, 3.05) is 29.9 Å². The zero-order valence-corrected chi connectivity index (χ0v) is 10.3. The molecule has 0 bridgehead atoms. The fourth-order valence-electron chi connectivity index (χ4n) is 2.28. The quantitative estimate of drug-likeness (QED) is 0.771. The van der Waals surface area contributed by atoms with Crippen LogP contribution in [0.2, 0.25) is 0 Å². The summed E-state index contributed by atoms with van der Waals surface area (Å²) in [5, 5.41) is 10.8. The molecule has 0 spiro atoms. The van der Waals surface area contributed by atoms with Crippen LogP contribution in [-0.4, -0.2) is 48.8 Å². The lowest BCUT2D eigenvalue weighted by Crippen LogP contribution is -2.44. The molecule has 0 saturated carbocycles. The summed E-state index contributed by atoms with van der Waals surface area (Å²) in [6, 6.07) is 2.33. The molecule has 1 unspecified atom stereocenters. The van der Waals surface area contributed by atoms with Crippen LogP contribution in [0.3, 0.4) is 0 Å². The first kappa shape index (κ1) is 11.0. The Morgan fingerprint density at radius 3 is 2.88 bits per heavy atom. The van der Waals surface area contributed by atoms with E-state index in [1.807, 2.05) is 10.7 Å². The van der Waals surface area contributed by atoms with Crippen molar-refractivity contribution in [2.24, 2.45) is 0 Å². The second-order valence-electron chi connectivity index (χ2n) is 4.72. The van der Waals surface area contributed by atoms with Crippen molar-refractivity contribution in [3.05, 3.63) is 12.3 Å². The lowest BCUT2D eigenvalue weighted by molar-refractivity contribution is 0.321. The third kappa shape index (κ3) is 2.16. The molecule has 0 aromatic carbocycles. The van der Waals surface area contributed by atoms with Crippen LogP contribution in [-0.2, 0) is 9.84 Å². The molecule has 1 atom stereocenters. The Labute approximate surface area is 100 Å². The van der Waals surface area contributed by atoms with Gasteiger partial charge in [0.25, 0.3) is 0 Å². The van der Waals surface area contributed by atoms with Crippen LogP contribution >= 0.6 is 0 Å². The monoisotopic (exact) mass is 256 g/mol. The number of rotatable bonds is 3. The summed E-state index contributed by atoms with van der Waals surface area (Å²) in [5.41, 5.74) is 0. The summed E-state index contributed by atoms with van der Waals surface area (Å²) >= 11 is 0. The number of hydrogen-bond donors (Lipinski definition) is 2. The van der Waals surface area contributed by atoms with Gasteiger partial charge in [0, 0.05) is 25.2 Å². The molecule has 3 rings (SSSR count). The van der Waals surface area contributed by atoms with Crippen molar-refractivity contribution in [3.8, 4) is 0 Å². The molecule has 2 N–H and O–H groups in total. The van der Waals surface area contributed by atoms with Crippen molar-refractivity contribution >= 4 is 15.7 Å². The first-order valence-electron chi connectivity index (χ1n) is 5.85. The minimum absolute atomic E-state index is 0.0310. The first-order valence-corrected chi connectivity index (χ1v) is 7.67. The van der Waals surface area contributed by atoms with E-state index in [1.54, 1.807) is 6.20 Å². The zero-order valence-electron chi connectivity index (χ0n) is 9.46. The van der Waals surface area contributed by atoms with Crippen molar-refractivity contribution in [1.29, 1.82) is 0 Å². The fraction of sp³-hybridized carbons (Fsp3) is 0.700. The molecule has 0 radical (unpaired) electrons. The molecule has 7 heteroatoms. The second kappa shape index (κ2) is 3.99. The van der Waals surface area contributed by atoms with Gasteiger partial charge in [-0.3, -0.25) is 0 Å². The zero-order chi connectivity index (χ0) is 11.9. The molecule has 2 aliphatic rings. The molecule has 94 valence electrons. The van der Waals surface area contributed by atoms with Gasteiger partial charge >= 0.3 is 0 Å². The average Bonchev–Trinajstić information content (AvgIpc) is 2.72. The van der Waals surface area contributed by atoms with Gasteiger partial charge in [-0.2, -0.15) is 5.10 Å². The van der Waals surface area contributed by atoms with E-state index in [2.05, 4.69) is 15.7 Å². The van der Waals surface area contributed by atoms with Crippen LogP contribution in [0.4, 0.5) is 5.82 Å². The molecular weight excluding hydrogens is 240 g/mol. The second-order valence-corrected chi connectivity index (χ2v) is 6.95. The van der Waals surface area contributed by atoms with Crippen molar-refractivity contribution in [3.63, 3.8) is 0 Å². The number of nitrogens with one attached hydrogen (secondary N) is 2. The van der Waals surface area contributed by atoms with Crippen molar-refractivity contribution in [2.45, 2.75) is 18.5 Å². The number of aromatic nitrogens is 2. The van der Waals surface area contributed by atoms with Gasteiger partial charge in [0.15, 0.2) is 9.84 Å². The van der Waals surface area contributed by atoms with Gasteiger partial charge < -0.3 is 10.6 Å². The van der Waals surface area contributed by atoms with Gasteiger partial charge in [-0.15, -0.1) is 0 Å². The molecule has 0 aliphatic carbocycles. The van der Waals surface area contributed by atoms with Crippen LogP contribution in [0, 0.1) is 0 Å². The van der Waals surface area contributed by atoms with Crippen molar-refractivity contribution < 1.29 is 8.42 Å². The van der Waals surface area contributed by atoms with E-state index in [0.717, 1.165) is 18.9 Å². The van der Waals surface area contributed by atoms with E-state index in [4.69, 9.17) is 0 Å². The lowest BCUT2D eigenvalue weighted by Gasteiger charge is -2.29. The minimum Gasteiger partial charge on any atom is -0.366 e. The van der Waals surface area contributed by atoms with Gasteiger partial charge in [0.1, 0.15) is 5.82 Å². The number of nitrogens with zero attached hydrogens (tertiary/aromatic N) is 2. The van der Waals surface area contributed by atoms with E-state index in [0.29, 0.717) is 18.2 Å². The Kier molecular flexibility index (Phi) is 2.59. The highest BCUT2D eigenvalue weighted by Gasteiger charge is 2.29. The molecular formula is C10H16N4O2S. The molecule has 2 saturated heterocycles. The Bertz CT molecular complexity index is 506. The largest absolute Gasteiger partial charge is 0.366 e. The molecule has 6 nitrogen and oxygen atoms in total. The Balaban J connectivity index is 1.71. The van der Waals surface area contributed by atoms with Crippen LogP contribution in [0.25, 0.3) is 0 Å². The smallest absolute Gasteiger partial charge is 0.152 e. The van der Waals surface area contributed by atoms with Gasteiger partial charge in [0.2, 0.25) is 0 Å². The van der Waals surface area contributed by atoms with E-state index < -0.39 is 9.84 Å². The normalized spacial score (nSPS) is 27.9. The number of sulfone groups is 1. The maximum atomic E-state index is 11.4. The van der Waals surface area contributed by atoms with Crippen LogP contribution in [0.15, 0.2) is 12.3 Å². The molecule has 2 fully saturated rings. The number of hydrogen-bond acceptors (Lipinski definition) is 5. The van der Waals surface area contributed by atoms with Crippen LogP contribution in [0.5, 0.6) is 0 Å². The minimum atomic E-state index is -2.83. The Morgan fingerprint density at radius 1 is 1.47 bits per heavy atom. The van der Waals surface area contributed by atoms with E-state index in [1.165, 1.54) is 0 Å². The Morgan fingerprint density at radius 2 is 2.29 bits per heavy atom. The molecule has 3 heterocycles. The Hall–Kier alpha value is -1.08. The standard InChI is InChI=1S/C10H16N4O2S/c15-17(16)4-2-8(7-17)13-10-1-3-12-14(10)9-5-11-6-9/h1,3,8-9,11,13H,2,4-7H2. The molecule has 1 aromatic rings. The van der Waals surface area contributed by atoms with Crippen LogP contribution < -0.4 is 10.6 Å². The van der Waals surface area contributed by atoms with Crippen LogP contribution in [0.1, 0.15) is 12.5 Å². The SMILES string of the molecule is O=S1(=O)CCC(Nc2ccnn2C2CNC2)C1. The van der Waals surface area contributed by atoms with Gasteiger partial charge in [-0.05, 0) is 6.42 Å². The summed E-state index contributed by atoms with van der Waals surface area (Å²) in [7, 11) is -2.83. The number of anilines is 1. The van der Waals surface area contributed by atoms with Gasteiger partial charge in [0.05, 0.1) is 23.7 Å². The fourth-order valence-corrected chi connectivity index (χ4v) is 3.96. The molecule has 2 aliphatic heterocycles. The van der Waals surface area contributed by atoms with Crippen molar-refractivity contribution in [1.82, 2.24) is 15.1 Å². The highest BCUT2D eigenvalue weighted by Crippen LogP contribution is 2.21.